The molecular formula is C20H26FN2O3+. The number of rotatable bonds is 9. The third-order valence-corrected chi connectivity index (χ3v) is 4.07. The summed E-state index contributed by atoms with van der Waals surface area (Å²) in [6, 6.07) is 12.1. The molecule has 0 fully saturated rings. The topological polar surface area (TPSA) is 52.0 Å². The van der Waals surface area contributed by atoms with E-state index in [1.54, 1.807) is 26.4 Å². The Morgan fingerprint density at radius 1 is 1.04 bits per heavy atom. The van der Waals surface area contributed by atoms with Gasteiger partial charge in [-0.3, -0.25) is 4.79 Å². The first-order valence-corrected chi connectivity index (χ1v) is 8.55. The van der Waals surface area contributed by atoms with Gasteiger partial charge in [0.1, 0.15) is 12.4 Å². The Balaban J connectivity index is 1.75. The summed E-state index contributed by atoms with van der Waals surface area (Å²) in [5, 5.41) is 2.93. The van der Waals surface area contributed by atoms with E-state index in [0.29, 0.717) is 37.6 Å². The zero-order valence-corrected chi connectivity index (χ0v) is 15.5. The molecule has 2 rings (SSSR count). The molecule has 140 valence electrons. The van der Waals surface area contributed by atoms with E-state index in [-0.39, 0.29) is 11.7 Å². The molecule has 5 nitrogen and oxygen atoms in total. The van der Waals surface area contributed by atoms with Crippen LogP contribution in [0.15, 0.2) is 42.5 Å². The van der Waals surface area contributed by atoms with E-state index in [0.717, 1.165) is 16.0 Å². The average molecular weight is 361 g/mol. The minimum Gasteiger partial charge on any atom is -0.493 e. The van der Waals surface area contributed by atoms with Crippen molar-refractivity contribution in [3.05, 3.63) is 59.4 Å². The van der Waals surface area contributed by atoms with Crippen LogP contribution in [-0.2, 0) is 17.8 Å². The fourth-order valence-corrected chi connectivity index (χ4v) is 2.73. The van der Waals surface area contributed by atoms with Gasteiger partial charge in [-0.1, -0.05) is 18.2 Å². The third-order valence-electron chi connectivity index (χ3n) is 4.07. The van der Waals surface area contributed by atoms with Crippen molar-refractivity contribution in [1.82, 2.24) is 5.32 Å². The lowest BCUT2D eigenvalue weighted by Gasteiger charge is -2.14. The predicted molar refractivity (Wildman–Crippen MR) is 98.1 cm³/mol. The Bertz CT molecular complexity index is 719. The normalized spacial score (nSPS) is 11.7. The molecule has 0 aromatic heterocycles. The molecular weight excluding hydrogens is 335 g/mol. The predicted octanol–water partition coefficient (Wildman–Crippen LogP) is 1.22. The molecule has 0 saturated heterocycles. The van der Waals surface area contributed by atoms with Crippen LogP contribution >= 0.6 is 0 Å². The zero-order chi connectivity index (χ0) is 18.9. The summed E-state index contributed by atoms with van der Waals surface area (Å²) in [5.74, 6) is 1.11. The molecule has 1 atom stereocenters. The number of hydrogen-bond acceptors (Lipinski definition) is 3. The highest BCUT2D eigenvalue weighted by atomic mass is 19.1. The quantitative estimate of drug-likeness (QED) is 0.706. The van der Waals surface area contributed by atoms with Gasteiger partial charge >= 0.3 is 0 Å². The molecule has 0 spiro atoms. The molecule has 1 amide bonds. The van der Waals surface area contributed by atoms with E-state index in [1.165, 1.54) is 12.1 Å². The summed E-state index contributed by atoms with van der Waals surface area (Å²) in [5.41, 5.74) is 2.07. The monoisotopic (exact) mass is 361 g/mol. The van der Waals surface area contributed by atoms with Crippen molar-refractivity contribution in [1.29, 1.82) is 0 Å². The molecule has 1 unspecified atom stereocenters. The summed E-state index contributed by atoms with van der Waals surface area (Å²) in [6.07, 6.45) is 0.711. The van der Waals surface area contributed by atoms with Crippen molar-refractivity contribution in [3.8, 4) is 11.5 Å². The second-order valence-corrected chi connectivity index (χ2v) is 6.23. The maximum atomic E-state index is 12.9. The maximum absolute atomic E-state index is 12.9. The minimum absolute atomic E-state index is 0.00918. The Labute approximate surface area is 153 Å². The van der Waals surface area contributed by atoms with Gasteiger partial charge in [0.15, 0.2) is 18.0 Å². The minimum atomic E-state index is -0.251. The number of methoxy groups -OCH3 is 2. The van der Waals surface area contributed by atoms with Crippen LogP contribution in [-0.4, -0.2) is 40.3 Å². The first-order chi connectivity index (χ1) is 12.5. The molecule has 0 bridgehead atoms. The highest BCUT2D eigenvalue weighted by Crippen LogP contribution is 2.27. The fraction of sp³-hybridized carbons (Fsp3) is 0.350. The molecule has 2 aromatic rings. The first-order valence-electron chi connectivity index (χ1n) is 8.55. The van der Waals surface area contributed by atoms with Crippen molar-refractivity contribution in [2.24, 2.45) is 0 Å². The van der Waals surface area contributed by atoms with Gasteiger partial charge in [0, 0.05) is 12.1 Å². The second-order valence-electron chi connectivity index (χ2n) is 6.23. The van der Waals surface area contributed by atoms with Crippen molar-refractivity contribution in [2.75, 3.05) is 34.4 Å². The molecule has 26 heavy (non-hydrogen) atoms. The largest absolute Gasteiger partial charge is 0.493 e. The van der Waals surface area contributed by atoms with E-state index >= 15 is 0 Å². The molecule has 0 radical (unpaired) electrons. The number of nitrogens with one attached hydrogen (secondary N) is 2. The number of benzene rings is 2. The van der Waals surface area contributed by atoms with Crippen LogP contribution in [0.2, 0.25) is 0 Å². The van der Waals surface area contributed by atoms with Crippen LogP contribution in [0.1, 0.15) is 11.1 Å². The number of ether oxygens (including phenoxy) is 2. The second kappa shape index (κ2) is 9.77. The number of carbonyl (C=O) groups is 1. The molecule has 6 heteroatoms. The van der Waals surface area contributed by atoms with Gasteiger partial charge in [0.2, 0.25) is 0 Å². The van der Waals surface area contributed by atoms with E-state index in [4.69, 9.17) is 9.47 Å². The SMILES string of the molecule is COc1ccc(CCNC(=O)C[NH+](C)Cc2ccc(F)cc2)cc1OC. The van der Waals surface area contributed by atoms with E-state index in [2.05, 4.69) is 5.32 Å². The molecule has 0 aliphatic rings. The van der Waals surface area contributed by atoms with Gasteiger partial charge in [-0.05, 0) is 36.2 Å². The fourth-order valence-electron chi connectivity index (χ4n) is 2.73. The van der Waals surface area contributed by atoms with Gasteiger partial charge < -0.3 is 19.7 Å². The summed E-state index contributed by atoms with van der Waals surface area (Å²) in [6.45, 7) is 1.59. The molecule has 0 heterocycles. The highest BCUT2D eigenvalue weighted by Gasteiger charge is 2.11. The van der Waals surface area contributed by atoms with E-state index in [9.17, 15) is 9.18 Å². The summed E-state index contributed by atoms with van der Waals surface area (Å²) in [4.78, 5) is 13.1. The molecule has 0 saturated carbocycles. The number of amides is 1. The third kappa shape index (κ3) is 6.04. The Morgan fingerprint density at radius 2 is 1.69 bits per heavy atom. The van der Waals surface area contributed by atoms with Crippen LogP contribution in [0.4, 0.5) is 4.39 Å². The van der Waals surface area contributed by atoms with Gasteiger partial charge in [0.25, 0.3) is 5.91 Å². The van der Waals surface area contributed by atoms with Crippen molar-refractivity contribution < 1.29 is 23.6 Å². The van der Waals surface area contributed by atoms with Gasteiger partial charge in [-0.2, -0.15) is 0 Å². The van der Waals surface area contributed by atoms with Gasteiger partial charge in [0.05, 0.1) is 21.3 Å². The van der Waals surface area contributed by atoms with Gasteiger partial charge in [-0.25, -0.2) is 4.39 Å². The first kappa shape index (κ1) is 19.7. The van der Waals surface area contributed by atoms with Crippen LogP contribution < -0.4 is 19.7 Å². The Hall–Kier alpha value is -2.60. The lowest BCUT2D eigenvalue weighted by molar-refractivity contribution is -0.885. The molecule has 2 N–H and O–H groups in total. The number of quaternary nitrogens is 1. The Kier molecular flexibility index (Phi) is 7.41. The number of hydrogen-bond donors (Lipinski definition) is 2. The standard InChI is InChI=1S/C20H25FN2O3/c1-23(13-16-4-7-17(21)8-5-16)14-20(24)22-11-10-15-6-9-18(25-2)19(12-15)26-3/h4-9,12H,10-11,13-14H2,1-3H3,(H,22,24)/p+1. The lowest BCUT2D eigenvalue weighted by atomic mass is 10.1. The summed E-state index contributed by atoms with van der Waals surface area (Å²) >= 11 is 0. The van der Waals surface area contributed by atoms with Crippen LogP contribution in [0.5, 0.6) is 11.5 Å². The number of likely N-dealkylation sites (N-methyl/N-ethyl adjacent to an activating group) is 1. The van der Waals surface area contributed by atoms with Crippen molar-refractivity contribution >= 4 is 5.91 Å². The zero-order valence-electron chi connectivity index (χ0n) is 15.5. The molecule has 0 aliphatic carbocycles. The molecule has 0 aliphatic heterocycles. The van der Waals surface area contributed by atoms with E-state index < -0.39 is 0 Å². The van der Waals surface area contributed by atoms with Crippen molar-refractivity contribution in [3.63, 3.8) is 0 Å². The van der Waals surface area contributed by atoms with Crippen molar-refractivity contribution in [2.45, 2.75) is 13.0 Å². The van der Waals surface area contributed by atoms with E-state index in [1.807, 2.05) is 25.2 Å². The van der Waals surface area contributed by atoms with Crippen LogP contribution in [0, 0.1) is 5.82 Å². The van der Waals surface area contributed by atoms with Gasteiger partial charge in [-0.15, -0.1) is 0 Å². The maximum Gasteiger partial charge on any atom is 0.275 e. The average Bonchev–Trinajstić information content (AvgIpc) is 2.63. The number of carbonyl (C=O) groups excluding carboxylic acids is 1. The summed E-state index contributed by atoms with van der Waals surface area (Å²) in [7, 11) is 5.14. The number of halogens is 1. The molecule has 2 aromatic carbocycles. The highest BCUT2D eigenvalue weighted by molar-refractivity contribution is 5.76. The smallest absolute Gasteiger partial charge is 0.275 e. The summed E-state index contributed by atoms with van der Waals surface area (Å²) < 4.78 is 23.4. The lowest BCUT2D eigenvalue weighted by Crippen LogP contribution is -3.08. The van der Waals surface area contributed by atoms with Crippen LogP contribution in [0.3, 0.4) is 0 Å². The van der Waals surface area contributed by atoms with Crippen LogP contribution in [0.25, 0.3) is 0 Å². The Morgan fingerprint density at radius 3 is 2.35 bits per heavy atom.